The normalized spacial score (nSPS) is 25.9. The Balaban J connectivity index is 1.35. The van der Waals surface area contributed by atoms with Gasteiger partial charge in [0.05, 0.1) is 0 Å². The Hall–Kier alpha value is -2.76. The second kappa shape index (κ2) is 7.25. The monoisotopic (exact) mass is 390 g/mol. The van der Waals surface area contributed by atoms with Crippen LogP contribution >= 0.6 is 0 Å². The van der Waals surface area contributed by atoms with Gasteiger partial charge < -0.3 is 9.80 Å². The predicted octanol–water partition coefficient (Wildman–Crippen LogP) is 2.42. The summed E-state index contributed by atoms with van der Waals surface area (Å²) in [5.41, 5.74) is 1.68. The lowest BCUT2D eigenvalue weighted by Crippen LogP contribution is -2.39. The van der Waals surface area contributed by atoms with Crippen LogP contribution in [0.1, 0.15) is 35.3 Å². The highest BCUT2D eigenvalue weighted by molar-refractivity contribution is 5.92. The summed E-state index contributed by atoms with van der Waals surface area (Å²) in [4.78, 5) is 29.7. The molecule has 2 aliphatic heterocycles. The van der Waals surface area contributed by atoms with Crippen molar-refractivity contribution in [2.24, 2.45) is 17.3 Å². The van der Waals surface area contributed by atoms with Crippen LogP contribution in [0.2, 0.25) is 0 Å². The van der Waals surface area contributed by atoms with Crippen LogP contribution in [0.3, 0.4) is 0 Å². The molecule has 1 aliphatic carbocycles. The Labute approximate surface area is 170 Å². The van der Waals surface area contributed by atoms with Crippen LogP contribution in [0, 0.1) is 17.3 Å². The molecule has 1 saturated carbocycles. The number of aromatic nitrogens is 2. The molecule has 3 fully saturated rings. The zero-order valence-electron chi connectivity index (χ0n) is 16.5. The van der Waals surface area contributed by atoms with Crippen LogP contribution in [0.4, 0.5) is 0 Å². The molecule has 0 N–H and O–H groups in total. The molecule has 0 spiro atoms. The SMILES string of the molecule is O=C(c1cccnn1)N1C[C@H]2CN(C(=O)C3CC3)C[C@@]2(CCc2ccccc2)C1. The third-order valence-electron chi connectivity index (χ3n) is 6.83. The van der Waals surface area contributed by atoms with Crippen molar-refractivity contribution in [2.75, 3.05) is 26.2 Å². The first-order chi connectivity index (χ1) is 14.1. The second-order valence-electron chi connectivity index (χ2n) is 8.83. The number of aryl methyl sites for hydroxylation is 1. The van der Waals surface area contributed by atoms with Crippen molar-refractivity contribution in [3.63, 3.8) is 0 Å². The van der Waals surface area contributed by atoms with Gasteiger partial charge in [0, 0.05) is 49.6 Å². The molecule has 150 valence electrons. The van der Waals surface area contributed by atoms with Gasteiger partial charge in [0.1, 0.15) is 0 Å². The fourth-order valence-corrected chi connectivity index (χ4v) is 5.06. The first-order valence-corrected chi connectivity index (χ1v) is 10.5. The van der Waals surface area contributed by atoms with Crippen molar-refractivity contribution in [2.45, 2.75) is 25.7 Å². The van der Waals surface area contributed by atoms with Crippen molar-refractivity contribution in [3.05, 3.63) is 59.9 Å². The van der Waals surface area contributed by atoms with Gasteiger partial charge in [-0.15, -0.1) is 5.10 Å². The van der Waals surface area contributed by atoms with Crippen molar-refractivity contribution in [1.82, 2.24) is 20.0 Å². The van der Waals surface area contributed by atoms with Gasteiger partial charge in [-0.05, 0) is 43.4 Å². The van der Waals surface area contributed by atoms with Gasteiger partial charge in [0.15, 0.2) is 5.69 Å². The van der Waals surface area contributed by atoms with Crippen LogP contribution < -0.4 is 0 Å². The number of hydrogen-bond acceptors (Lipinski definition) is 4. The second-order valence-corrected chi connectivity index (χ2v) is 8.83. The number of rotatable bonds is 5. The van der Waals surface area contributed by atoms with E-state index in [4.69, 9.17) is 0 Å². The molecule has 2 aromatic rings. The van der Waals surface area contributed by atoms with Gasteiger partial charge >= 0.3 is 0 Å². The minimum atomic E-state index is -0.0494. The summed E-state index contributed by atoms with van der Waals surface area (Å²) in [6.07, 6.45) is 5.61. The number of hydrogen-bond donors (Lipinski definition) is 0. The quantitative estimate of drug-likeness (QED) is 0.786. The van der Waals surface area contributed by atoms with E-state index >= 15 is 0 Å². The standard InChI is InChI=1S/C23H26N4O2/c28-21(18-8-9-18)26-13-19-14-27(22(29)20-7-4-12-24-25-20)16-23(19,15-26)11-10-17-5-2-1-3-6-17/h1-7,12,18-19H,8-11,13-16H2/t19-,23+/m1/s1. The number of carbonyl (C=O) groups is 2. The summed E-state index contributed by atoms with van der Waals surface area (Å²) in [5, 5.41) is 7.86. The van der Waals surface area contributed by atoms with Gasteiger partial charge in [0.25, 0.3) is 5.91 Å². The van der Waals surface area contributed by atoms with Crippen LogP contribution in [-0.4, -0.2) is 58.0 Å². The number of nitrogens with zero attached hydrogens (tertiary/aromatic N) is 4. The van der Waals surface area contributed by atoms with Crippen LogP contribution in [0.15, 0.2) is 48.7 Å². The van der Waals surface area contributed by atoms with E-state index in [2.05, 4.69) is 39.4 Å². The molecule has 2 amide bonds. The summed E-state index contributed by atoms with van der Waals surface area (Å²) in [6, 6.07) is 14.0. The molecule has 2 saturated heterocycles. The third kappa shape index (κ3) is 3.52. The van der Waals surface area contributed by atoms with E-state index < -0.39 is 0 Å². The van der Waals surface area contributed by atoms with Gasteiger partial charge in [0.2, 0.25) is 5.91 Å². The summed E-state index contributed by atoms with van der Waals surface area (Å²) in [5.74, 6) is 0.851. The topological polar surface area (TPSA) is 66.4 Å². The average Bonchev–Trinajstić information content (AvgIpc) is 3.47. The Morgan fingerprint density at radius 1 is 1.00 bits per heavy atom. The lowest BCUT2D eigenvalue weighted by Gasteiger charge is -2.29. The molecule has 6 nitrogen and oxygen atoms in total. The third-order valence-corrected chi connectivity index (χ3v) is 6.83. The molecule has 1 aromatic carbocycles. The Bertz CT molecular complexity index is 900. The highest BCUT2D eigenvalue weighted by Gasteiger charge is 2.55. The van der Waals surface area contributed by atoms with E-state index in [-0.39, 0.29) is 17.2 Å². The molecular formula is C23H26N4O2. The molecule has 0 unspecified atom stereocenters. The van der Waals surface area contributed by atoms with E-state index in [9.17, 15) is 9.59 Å². The minimum absolute atomic E-state index is 0.0295. The van der Waals surface area contributed by atoms with Gasteiger partial charge in [-0.3, -0.25) is 9.59 Å². The summed E-state index contributed by atoms with van der Waals surface area (Å²) >= 11 is 0. The lowest BCUT2D eigenvalue weighted by molar-refractivity contribution is -0.132. The van der Waals surface area contributed by atoms with Crippen molar-refractivity contribution >= 4 is 11.8 Å². The molecular weight excluding hydrogens is 364 g/mol. The molecule has 0 radical (unpaired) electrons. The Morgan fingerprint density at radius 3 is 2.48 bits per heavy atom. The molecule has 6 heteroatoms. The molecule has 5 rings (SSSR count). The van der Waals surface area contributed by atoms with Gasteiger partial charge in [-0.2, -0.15) is 5.10 Å². The van der Waals surface area contributed by atoms with E-state index in [0.29, 0.717) is 30.6 Å². The Morgan fingerprint density at radius 2 is 1.76 bits per heavy atom. The van der Waals surface area contributed by atoms with E-state index in [1.165, 1.54) is 5.56 Å². The van der Waals surface area contributed by atoms with Gasteiger partial charge in [-0.25, -0.2) is 0 Å². The number of likely N-dealkylation sites (tertiary alicyclic amines) is 2. The largest absolute Gasteiger partial charge is 0.341 e. The highest BCUT2D eigenvalue weighted by Crippen LogP contribution is 2.47. The zero-order valence-corrected chi connectivity index (χ0v) is 16.5. The molecule has 0 bridgehead atoms. The highest BCUT2D eigenvalue weighted by atomic mass is 16.2. The summed E-state index contributed by atoms with van der Waals surface area (Å²) < 4.78 is 0. The average molecular weight is 390 g/mol. The van der Waals surface area contributed by atoms with E-state index in [0.717, 1.165) is 38.8 Å². The maximum Gasteiger partial charge on any atom is 0.274 e. The number of benzene rings is 1. The summed E-state index contributed by atoms with van der Waals surface area (Å²) in [7, 11) is 0. The predicted molar refractivity (Wildman–Crippen MR) is 108 cm³/mol. The molecule has 29 heavy (non-hydrogen) atoms. The zero-order chi connectivity index (χ0) is 19.8. The fourth-order valence-electron chi connectivity index (χ4n) is 5.06. The number of fused-ring (bicyclic) bond motifs is 1. The van der Waals surface area contributed by atoms with E-state index in [1.54, 1.807) is 18.3 Å². The van der Waals surface area contributed by atoms with Crippen molar-refractivity contribution in [1.29, 1.82) is 0 Å². The van der Waals surface area contributed by atoms with Crippen LogP contribution in [-0.2, 0) is 11.2 Å². The minimum Gasteiger partial charge on any atom is -0.341 e. The van der Waals surface area contributed by atoms with E-state index in [1.807, 2.05) is 11.0 Å². The van der Waals surface area contributed by atoms with Crippen molar-refractivity contribution < 1.29 is 9.59 Å². The molecule has 1 aromatic heterocycles. The maximum absolute atomic E-state index is 13.0. The first-order valence-electron chi connectivity index (χ1n) is 10.5. The molecule has 3 aliphatic rings. The molecule has 2 atom stereocenters. The first kappa shape index (κ1) is 18.3. The lowest BCUT2D eigenvalue weighted by atomic mass is 9.76. The maximum atomic E-state index is 13.0. The van der Waals surface area contributed by atoms with Crippen LogP contribution in [0.25, 0.3) is 0 Å². The smallest absolute Gasteiger partial charge is 0.274 e. The summed E-state index contributed by atoms with van der Waals surface area (Å²) in [6.45, 7) is 2.92. The van der Waals surface area contributed by atoms with Gasteiger partial charge in [-0.1, -0.05) is 30.3 Å². The fraction of sp³-hybridized carbons (Fsp3) is 0.478. The number of amides is 2. The molecule has 3 heterocycles. The Kier molecular flexibility index (Phi) is 4.57. The van der Waals surface area contributed by atoms with Crippen molar-refractivity contribution in [3.8, 4) is 0 Å². The number of carbonyl (C=O) groups excluding carboxylic acids is 2. The van der Waals surface area contributed by atoms with Crippen LogP contribution in [0.5, 0.6) is 0 Å².